The second-order valence-corrected chi connectivity index (χ2v) is 10.6. The van der Waals surface area contributed by atoms with Crippen LogP contribution in [0.5, 0.6) is 0 Å². The molecular formula is C24H34O7. The zero-order chi connectivity index (χ0) is 22.8. The quantitative estimate of drug-likeness (QED) is 0.485. The zero-order valence-electron chi connectivity index (χ0n) is 19.4. The predicted octanol–water partition coefficient (Wildman–Crippen LogP) is 4.24. The van der Waals surface area contributed by atoms with Gasteiger partial charge in [0.25, 0.3) is 0 Å². The van der Waals surface area contributed by atoms with E-state index >= 15 is 0 Å². The maximum atomic E-state index is 12.4. The average Bonchev–Trinajstić information content (AvgIpc) is 2.81. The Morgan fingerprint density at radius 2 is 1.77 bits per heavy atom. The van der Waals surface area contributed by atoms with E-state index in [1.165, 1.54) is 25.8 Å². The van der Waals surface area contributed by atoms with Gasteiger partial charge < -0.3 is 14.2 Å². The highest BCUT2D eigenvalue weighted by Gasteiger charge is 2.71. The van der Waals surface area contributed by atoms with E-state index in [1.54, 1.807) is 5.57 Å². The van der Waals surface area contributed by atoms with Crippen molar-refractivity contribution < 1.29 is 33.3 Å². The van der Waals surface area contributed by atoms with Gasteiger partial charge >= 0.3 is 23.9 Å². The molecule has 172 valence electrons. The Kier molecular flexibility index (Phi) is 5.27. The monoisotopic (exact) mass is 434 g/mol. The van der Waals surface area contributed by atoms with E-state index in [2.05, 4.69) is 27.7 Å². The van der Waals surface area contributed by atoms with Crippen LogP contribution in [-0.4, -0.2) is 30.2 Å². The molecule has 2 saturated heterocycles. The van der Waals surface area contributed by atoms with Crippen molar-refractivity contribution in [3.05, 3.63) is 11.1 Å². The molecule has 0 aromatic heterocycles. The third-order valence-corrected chi connectivity index (χ3v) is 8.25. The summed E-state index contributed by atoms with van der Waals surface area (Å²) in [6.07, 6.45) is 4.27. The lowest BCUT2D eigenvalue weighted by Gasteiger charge is -2.54. The maximum absolute atomic E-state index is 12.4. The standard InChI is InChI=1S/C24H34O7/c1-13-16-8-7-10-22(4,5)18(16)9-11-23(13,6)20-17-12-19(27)30-24(20,29-15(3)26)31-21(17)28-14(2)25/h13,17,20-21H,7-12H2,1-6H3/t13-,17-,20-,21-,23-,24+/m1/s1. The van der Waals surface area contributed by atoms with Crippen molar-refractivity contribution in [3.8, 4) is 0 Å². The Labute approximate surface area is 183 Å². The summed E-state index contributed by atoms with van der Waals surface area (Å²) in [5.74, 6) is -4.17. The van der Waals surface area contributed by atoms with E-state index in [1.807, 2.05) is 0 Å². The Hall–Kier alpha value is -1.89. The van der Waals surface area contributed by atoms with E-state index < -0.39 is 42.0 Å². The van der Waals surface area contributed by atoms with Gasteiger partial charge in [0.05, 0.1) is 12.3 Å². The van der Waals surface area contributed by atoms with Gasteiger partial charge in [-0.15, -0.1) is 0 Å². The minimum Gasteiger partial charge on any atom is -0.435 e. The van der Waals surface area contributed by atoms with Crippen molar-refractivity contribution in [2.24, 2.45) is 28.6 Å². The third-order valence-electron chi connectivity index (χ3n) is 8.25. The van der Waals surface area contributed by atoms with Crippen LogP contribution in [0.1, 0.15) is 80.1 Å². The summed E-state index contributed by atoms with van der Waals surface area (Å²) >= 11 is 0. The molecular weight excluding hydrogens is 400 g/mol. The smallest absolute Gasteiger partial charge is 0.382 e. The van der Waals surface area contributed by atoms with Gasteiger partial charge in [-0.05, 0) is 48.9 Å². The summed E-state index contributed by atoms with van der Waals surface area (Å²) in [6.45, 7) is 11.6. The van der Waals surface area contributed by atoms with Crippen LogP contribution in [0.4, 0.5) is 0 Å². The molecule has 2 bridgehead atoms. The lowest BCUT2D eigenvalue weighted by atomic mass is 9.52. The number of hydrogen-bond acceptors (Lipinski definition) is 7. The van der Waals surface area contributed by atoms with Crippen molar-refractivity contribution in [2.75, 3.05) is 0 Å². The summed E-state index contributed by atoms with van der Waals surface area (Å²) in [6, 6.07) is 0. The van der Waals surface area contributed by atoms with Crippen molar-refractivity contribution in [1.29, 1.82) is 0 Å². The Balaban J connectivity index is 1.79. The summed E-state index contributed by atoms with van der Waals surface area (Å²) in [5.41, 5.74) is 2.85. The summed E-state index contributed by atoms with van der Waals surface area (Å²) in [4.78, 5) is 36.2. The second kappa shape index (κ2) is 7.32. The number of allylic oxidation sites excluding steroid dienone is 2. The largest absolute Gasteiger partial charge is 0.435 e. The van der Waals surface area contributed by atoms with Crippen LogP contribution in [0.3, 0.4) is 0 Å². The normalized spacial score (nSPS) is 41.3. The van der Waals surface area contributed by atoms with E-state index in [0.29, 0.717) is 0 Å². The van der Waals surface area contributed by atoms with E-state index in [0.717, 1.165) is 25.7 Å². The van der Waals surface area contributed by atoms with Crippen LogP contribution in [0.15, 0.2) is 11.1 Å². The molecule has 0 amide bonds. The van der Waals surface area contributed by atoms with E-state index in [9.17, 15) is 14.4 Å². The molecule has 2 fully saturated rings. The number of fused-ring (bicyclic) bond motifs is 2. The number of carbonyl (C=O) groups is 3. The Bertz CT molecular complexity index is 839. The topological polar surface area (TPSA) is 88.1 Å². The van der Waals surface area contributed by atoms with Crippen LogP contribution >= 0.6 is 0 Å². The van der Waals surface area contributed by atoms with Gasteiger partial charge in [0.1, 0.15) is 0 Å². The van der Waals surface area contributed by atoms with E-state index in [4.69, 9.17) is 18.9 Å². The minimum absolute atomic E-state index is 0.0608. The average molecular weight is 435 g/mol. The number of esters is 3. The number of rotatable bonds is 3. The fraction of sp³-hybridized carbons (Fsp3) is 0.792. The summed E-state index contributed by atoms with van der Waals surface area (Å²) in [7, 11) is 0. The fourth-order valence-corrected chi connectivity index (χ4v) is 6.78. The molecule has 7 nitrogen and oxygen atoms in total. The molecule has 7 heteroatoms. The Morgan fingerprint density at radius 1 is 1.06 bits per heavy atom. The van der Waals surface area contributed by atoms with Gasteiger partial charge in [-0.2, -0.15) is 0 Å². The molecule has 2 heterocycles. The van der Waals surface area contributed by atoms with Crippen molar-refractivity contribution >= 4 is 17.9 Å². The molecule has 0 aromatic carbocycles. The van der Waals surface area contributed by atoms with Crippen LogP contribution < -0.4 is 0 Å². The van der Waals surface area contributed by atoms with Gasteiger partial charge in [-0.25, -0.2) is 0 Å². The third kappa shape index (κ3) is 3.49. The second-order valence-electron chi connectivity index (χ2n) is 10.6. The van der Waals surface area contributed by atoms with Gasteiger partial charge in [0.15, 0.2) is 0 Å². The number of ether oxygens (including phenoxy) is 4. The predicted molar refractivity (Wildman–Crippen MR) is 110 cm³/mol. The van der Waals surface area contributed by atoms with Crippen LogP contribution in [0.25, 0.3) is 0 Å². The molecule has 2 aliphatic heterocycles. The van der Waals surface area contributed by atoms with Gasteiger partial charge in [0.2, 0.25) is 6.29 Å². The van der Waals surface area contributed by atoms with Crippen LogP contribution in [0.2, 0.25) is 0 Å². The first-order valence-corrected chi connectivity index (χ1v) is 11.4. The summed E-state index contributed by atoms with van der Waals surface area (Å²) < 4.78 is 22.6. The van der Waals surface area contributed by atoms with Gasteiger partial charge in [-0.3, -0.25) is 19.1 Å². The molecule has 0 saturated carbocycles. The van der Waals surface area contributed by atoms with Crippen molar-refractivity contribution in [2.45, 2.75) is 92.3 Å². The molecule has 0 unspecified atom stereocenters. The molecule has 0 aromatic rings. The van der Waals surface area contributed by atoms with Crippen LogP contribution in [-0.2, 0) is 33.3 Å². The molecule has 4 aliphatic rings. The fourth-order valence-electron chi connectivity index (χ4n) is 6.78. The van der Waals surface area contributed by atoms with Gasteiger partial charge in [-0.1, -0.05) is 38.8 Å². The SMILES string of the molecule is CC(=O)O[C@@H]1O[C@@]2(OC(C)=O)OC(=O)C[C@@H]1[C@@H]2[C@]1(C)CCC2=C(CCCC2(C)C)[C@H]1C. The Morgan fingerprint density at radius 3 is 2.42 bits per heavy atom. The van der Waals surface area contributed by atoms with Gasteiger partial charge in [0, 0.05) is 19.8 Å². The number of hydrogen-bond donors (Lipinski definition) is 0. The molecule has 6 atom stereocenters. The lowest BCUT2D eigenvalue weighted by Crippen LogP contribution is -2.57. The molecule has 31 heavy (non-hydrogen) atoms. The first-order chi connectivity index (χ1) is 14.4. The molecule has 0 radical (unpaired) electrons. The van der Waals surface area contributed by atoms with E-state index in [-0.39, 0.29) is 23.2 Å². The molecule has 0 N–H and O–H groups in total. The molecule has 0 spiro atoms. The zero-order valence-corrected chi connectivity index (χ0v) is 19.4. The molecule has 2 aliphatic carbocycles. The van der Waals surface area contributed by atoms with Crippen molar-refractivity contribution in [3.63, 3.8) is 0 Å². The van der Waals surface area contributed by atoms with Crippen LogP contribution in [0, 0.1) is 28.6 Å². The van der Waals surface area contributed by atoms with Crippen molar-refractivity contribution in [1.82, 2.24) is 0 Å². The minimum atomic E-state index is -1.86. The highest BCUT2D eigenvalue weighted by Crippen LogP contribution is 2.64. The number of carbonyl (C=O) groups excluding carboxylic acids is 3. The first-order valence-electron chi connectivity index (χ1n) is 11.4. The summed E-state index contributed by atoms with van der Waals surface area (Å²) in [5, 5.41) is 0. The first kappa shape index (κ1) is 22.3. The highest BCUT2D eigenvalue weighted by atomic mass is 16.9. The lowest BCUT2D eigenvalue weighted by molar-refractivity contribution is -0.378. The molecule has 4 rings (SSSR count). The maximum Gasteiger partial charge on any atom is 0.382 e. The highest BCUT2D eigenvalue weighted by molar-refractivity contribution is 5.73.